The molecule has 6 atom stereocenters. The summed E-state index contributed by atoms with van der Waals surface area (Å²) in [6.07, 6.45) is 0.502. The van der Waals surface area contributed by atoms with Crippen LogP contribution in [-0.2, 0) is 28.6 Å². The highest BCUT2D eigenvalue weighted by molar-refractivity contribution is 5.87. The molecular formula is C15H18O6. The van der Waals surface area contributed by atoms with Gasteiger partial charge in [-0.1, -0.05) is 6.58 Å². The summed E-state index contributed by atoms with van der Waals surface area (Å²) in [5.74, 6) is -2.14. The van der Waals surface area contributed by atoms with Crippen LogP contribution in [0.25, 0.3) is 0 Å². The highest BCUT2D eigenvalue weighted by Gasteiger charge is 2.68. The number of esters is 3. The molecule has 6 heteroatoms. The van der Waals surface area contributed by atoms with Crippen LogP contribution < -0.4 is 0 Å². The van der Waals surface area contributed by atoms with E-state index < -0.39 is 11.9 Å². The van der Waals surface area contributed by atoms with Gasteiger partial charge in [0, 0.05) is 17.4 Å². The normalized spacial score (nSPS) is 39.0. The maximum Gasteiger partial charge on any atom is 0.333 e. The standard InChI is InChI=1S/C15H18O6/c1-6(2)13(16)20-5-9-7-4-8-11(10(7)14(17)19-3)15(18)21-12(8)9/h7-12H,1,4-5H2,2-3H3. The number of rotatable bonds is 4. The lowest BCUT2D eigenvalue weighted by molar-refractivity contribution is -0.153. The molecule has 0 spiro atoms. The van der Waals surface area contributed by atoms with Crippen molar-refractivity contribution < 1.29 is 28.6 Å². The molecule has 114 valence electrons. The van der Waals surface area contributed by atoms with E-state index in [1.807, 2.05) is 0 Å². The van der Waals surface area contributed by atoms with E-state index in [0.29, 0.717) is 5.57 Å². The molecule has 3 aliphatic rings. The molecule has 2 aliphatic carbocycles. The van der Waals surface area contributed by atoms with E-state index in [0.717, 1.165) is 6.42 Å². The Bertz CT molecular complexity index is 524. The molecule has 6 nitrogen and oxygen atoms in total. The molecule has 1 saturated heterocycles. The van der Waals surface area contributed by atoms with Gasteiger partial charge in [0.25, 0.3) is 0 Å². The van der Waals surface area contributed by atoms with Crippen LogP contribution in [0.1, 0.15) is 13.3 Å². The van der Waals surface area contributed by atoms with Crippen molar-refractivity contribution in [3.8, 4) is 0 Å². The third-order valence-electron chi connectivity index (χ3n) is 5.00. The molecule has 1 heterocycles. The minimum atomic E-state index is -0.472. The van der Waals surface area contributed by atoms with E-state index in [1.54, 1.807) is 6.92 Å². The van der Waals surface area contributed by atoms with E-state index in [-0.39, 0.29) is 48.3 Å². The van der Waals surface area contributed by atoms with E-state index >= 15 is 0 Å². The fourth-order valence-corrected chi connectivity index (χ4v) is 4.16. The van der Waals surface area contributed by atoms with Crippen LogP contribution in [0, 0.1) is 29.6 Å². The van der Waals surface area contributed by atoms with Crippen LogP contribution in [0.4, 0.5) is 0 Å². The van der Waals surface area contributed by atoms with Gasteiger partial charge in [-0.05, 0) is 19.3 Å². The van der Waals surface area contributed by atoms with E-state index in [2.05, 4.69) is 6.58 Å². The Hall–Kier alpha value is -1.85. The number of fused-ring (bicyclic) bond motifs is 1. The van der Waals surface area contributed by atoms with Gasteiger partial charge in [0.1, 0.15) is 6.10 Å². The highest BCUT2D eigenvalue weighted by atomic mass is 16.6. The minimum Gasteiger partial charge on any atom is -0.469 e. The van der Waals surface area contributed by atoms with Gasteiger partial charge in [-0.2, -0.15) is 0 Å². The summed E-state index contributed by atoms with van der Waals surface area (Å²) in [6.45, 7) is 5.25. The van der Waals surface area contributed by atoms with Crippen LogP contribution >= 0.6 is 0 Å². The van der Waals surface area contributed by atoms with Crippen molar-refractivity contribution in [2.75, 3.05) is 13.7 Å². The number of methoxy groups -OCH3 is 1. The number of hydrogen-bond donors (Lipinski definition) is 0. The lowest BCUT2D eigenvalue weighted by Crippen LogP contribution is -2.40. The molecule has 0 amide bonds. The maximum absolute atomic E-state index is 12.0. The first-order chi connectivity index (χ1) is 9.95. The molecule has 0 N–H and O–H groups in total. The summed E-state index contributed by atoms with van der Waals surface area (Å²) in [4.78, 5) is 35.5. The maximum atomic E-state index is 12.0. The van der Waals surface area contributed by atoms with Crippen LogP contribution in [0.5, 0.6) is 0 Å². The largest absolute Gasteiger partial charge is 0.469 e. The average molecular weight is 294 g/mol. The summed E-state index contributed by atoms with van der Waals surface area (Å²) in [5, 5.41) is 0. The minimum absolute atomic E-state index is 0.0261. The molecule has 0 aromatic carbocycles. The number of ether oxygens (including phenoxy) is 3. The van der Waals surface area contributed by atoms with Gasteiger partial charge in [0.05, 0.1) is 25.6 Å². The SMILES string of the molecule is C=C(C)C(=O)OCC1C2CC3C1OC(=O)C3C2C(=O)OC. The fourth-order valence-electron chi connectivity index (χ4n) is 4.16. The van der Waals surface area contributed by atoms with Crippen molar-refractivity contribution >= 4 is 17.9 Å². The molecule has 6 unspecified atom stereocenters. The topological polar surface area (TPSA) is 78.9 Å². The summed E-state index contributed by atoms with van der Waals surface area (Å²) in [5.41, 5.74) is 0.323. The zero-order chi connectivity index (χ0) is 15.3. The summed E-state index contributed by atoms with van der Waals surface area (Å²) < 4.78 is 15.4. The molecule has 0 aromatic heterocycles. The quantitative estimate of drug-likeness (QED) is 0.431. The zero-order valence-electron chi connectivity index (χ0n) is 12.0. The number of hydrogen-bond acceptors (Lipinski definition) is 6. The Balaban J connectivity index is 1.78. The monoisotopic (exact) mass is 294 g/mol. The second kappa shape index (κ2) is 4.86. The molecule has 2 saturated carbocycles. The Labute approximate surface area is 122 Å². The van der Waals surface area contributed by atoms with Gasteiger partial charge in [0.15, 0.2) is 0 Å². The number of carbonyl (C=O) groups excluding carboxylic acids is 3. The molecule has 2 bridgehead atoms. The predicted octanol–water partition coefficient (Wildman–Crippen LogP) is 0.702. The van der Waals surface area contributed by atoms with E-state index in [9.17, 15) is 14.4 Å². The first kappa shape index (κ1) is 14.1. The van der Waals surface area contributed by atoms with Crippen molar-refractivity contribution in [1.29, 1.82) is 0 Å². The van der Waals surface area contributed by atoms with Gasteiger partial charge < -0.3 is 14.2 Å². The smallest absolute Gasteiger partial charge is 0.333 e. The Morgan fingerprint density at radius 1 is 1.38 bits per heavy atom. The van der Waals surface area contributed by atoms with E-state index in [4.69, 9.17) is 14.2 Å². The van der Waals surface area contributed by atoms with Gasteiger partial charge in [0.2, 0.25) is 0 Å². The number of carbonyl (C=O) groups is 3. The van der Waals surface area contributed by atoms with Gasteiger partial charge in [-0.3, -0.25) is 9.59 Å². The Morgan fingerprint density at radius 2 is 2.10 bits per heavy atom. The van der Waals surface area contributed by atoms with Crippen molar-refractivity contribution in [3.63, 3.8) is 0 Å². The summed E-state index contributed by atoms with van der Waals surface area (Å²) >= 11 is 0. The van der Waals surface area contributed by atoms with Crippen molar-refractivity contribution in [2.45, 2.75) is 19.4 Å². The van der Waals surface area contributed by atoms with Crippen LogP contribution in [0.2, 0.25) is 0 Å². The van der Waals surface area contributed by atoms with Crippen molar-refractivity contribution in [3.05, 3.63) is 12.2 Å². The van der Waals surface area contributed by atoms with Gasteiger partial charge >= 0.3 is 17.9 Å². The van der Waals surface area contributed by atoms with Crippen LogP contribution in [0.3, 0.4) is 0 Å². The first-order valence-corrected chi connectivity index (χ1v) is 7.06. The van der Waals surface area contributed by atoms with Crippen molar-refractivity contribution in [2.24, 2.45) is 29.6 Å². The molecule has 0 aromatic rings. The molecule has 3 fully saturated rings. The predicted molar refractivity (Wildman–Crippen MR) is 69.7 cm³/mol. The Morgan fingerprint density at radius 3 is 2.71 bits per heavy atom. The van der Waals surface area contributed by atoms with Crippen LogP contribution in [0.15, 0.2) is 12.2 Å². The fraction of sp³-hybridized carbons (Fsp3) is 0.667. The molecule has 1 aliphatic heterocycles. The molecule has 3 rings (SSSR count). The van der Waals surface area contributed by atoms with Gasteiger partial charge in [-0.15, -0.1) is 0 Å². The summed E-state index contributed by atoms with van der Waals surface area (Å²) in [7, 11) is 1.32. The lowest BCUT2D eigenvalue weighted by Gasteiger charge is -2.29. The van der Waals surface area contributed by atoms with E-state index in [1.165, 1.54) is 7.11 Å². The summed E-state index contributed by atoms with van der Waals surface area (Å²) in [6, 6.07) is 0. The lowest BCUT2D eigenvalue weighted by atomic mass is 9.74. The molecule has 21 heavy (non-hydrogen) atoms. The average Bonchev–Trinajstić information content (AvgIpc) is 3.05. The highest BCUT2D eigenvalue weighted by Crippen LogP contribution is 2.60. The molecular weight excluding hydrogens is 276 g/mol. The van der Waals surface area contributed by atoms with Gasteiger partial charge in [-0.25, -0.2) is 4.79 Å². The zero-order valence-corrected chi connectivity index (χ0v) is 12.0. The first-order valence-electron chi connectivity index (χ1n) is 7.06. The third-order valence-corrected chi connectivity index (χ3v) is 5.00. The second-order valence-electron chi connectivity index (χ2n) is 6.08. The second-order valence-corrected chi connectivity index (χ2v) is 6.08. The van der Waals surface area contributed by atoms with Crippen LogP contribution in [-0.4, -0.2) is 37.7 Å². The van der Waals surface area contributed by atoms with Crippen molar-refractivity contribution in [1.82, 2.24) is 0 Å². The Kier molecular flexibility index (Phi) is 3.26. The third kappa shape index (κ3) is 1.96. The molecule has 0 radical (unpaired) electrons.